The van der Waals surface area contributed by atoms with Gasteiger partial charge in [0.15, 0.2) is 0 Å². The van der Waals surface area contributed by atoms with E-state index in [4.69, 9.17) is 11.6 Å². The summed E-state index contributed by atoms with van der Waals surface area (Å²) in [7, 11) is 0. The minimum absolute atomic E-state index is 0.0574. The molecule has 7 atom stereocenters. The predicted molar refractivity (Wildman–Crippen MR) is 181 cm³/mol. The van der Waals surface area contributed by atoms with E-state index in [0.717, 1.165) is 12.0 Å². The Bertz CT molecular complexity index is 1390. The van der Waals surface area contributed by atoms with Gasteiger partial charge in [-0.15, -0.1) is 24.9 Å². The Kier molecular flexibility index (Phi) is 10.3. The van der Waals surface area contributed by atoms with Crippen LogP contribution in [0.1, 0.15) is 25.3 Å². The van der Waals surface area contributed by atoms with Crippen LogP contribution in [0.5, 0.6) is 0 Å². The van der Waals surface area contributed by atoms with Crippen molar-refractivity contribution < 1.29 is 19.5 Å². The maximum Gasteiger partial charge on any atom is 0.251 e. The summed E-state index contributed by atoms with van der Waals surface area (Å²) in [6.45, 7) is 10.6. The Morgan fingerprint density at radius 2 is 1.82 bits per heavy atom. The van der Waals surface area contributed by atoms with Gasteiger partial charge in [-0.1, -0.05) is 76.9 Å². The first-order chi connectivity index (χ1) is 21.2. The van der Waals surface area contributed by atoms with Crippen LogP contribution in [0.25, 0.3) is 0 Å². The van der Waals surface area contributed by atoms with Gasteiger partial charge in [0.05, 0.1) is 29.2 Å². The SMILES string of the molecule is C=CCN(CCC)C(=O)[C@H]1[C@H]2C(=O)N([C@@H](CO)Cc3ccccc3)C(C(=O)N(CC=C)c3ccc(Cl)cc3)C23CC(Br)[C@@H]1S3. The van der Waals surface area contributed by atoms with Gasteiger partial charge < -0.3 is 19.8 Å². The Balaban J connectivity index is 1.63. The van der Waals surface area contributed by atoms with Crippen molar-refractivity contribution in [1.82, 2.24) is 9.80 Å². The first-order valence-electron chi connectivity index (χ1n) is 15.1. The molecule has 3 saturated heterocycles. The standard InChI is InChI=1S/C34H39BrClN3O4S/c1-4-16-37(17-5-2)31(41)27-28-32(42)39(25(21-40)19-22-10-8-7-9-11-22)30(34(28)20-26(35)29(27)44-34)33(43)38(18-6-3)24-14-12-23(36)13-15-24/h4,6-15,25-30,40H,1,3,5,16-21H2,2H3/t25-,26?,27+,28+,29+,30?,34?/m1/s1. The predicted octanol–water partition coefficient (Wildman–Crippen LogP) is 5.35. The van der Waals surface area contributed by atoms with Gasteiger partial charge in [-0.2, -0.15) is 0 Å². The summed E-state index contributed by atoms with van der Waals surface area (Å²) in [5.74, 6) is -1.87. The van der Waals surface area contributed by atoms with Crippen LogP contribution in [0.4, 0.5) is 5.69 Å². The van der Waals surface area contributed by atoms with Crippen molar-refractivity contribution in [2.45, 2.75) is 53.1 Å². The number of halogens is 2. The van der Waals surface area contributed by atoms with E-state index < -0.39 is 28.7 Å². The smallest absolute Gasteiger partial charge is 0.251 e. The molecule has 7 nitrogen and oxygen atoms in total. The molecular formula is C34H39BrClN3O4S. The fourth-order valence-electron chi connectivity index (χ4n) is 7.31. The number of likely N-dealkylation sites (tertiary alicyclic amines) is 1. The highest BCUT2D eigenvalue weighted by atomic mass is 79.9. The number of hydrogen-bond acceptors (Lipinski definition) is 5. The topological polar surface area (TPSA) is 81.2 Å². The summed E-state index contributed by atoms with van der Waals surface area (Å²) in [4.78, 5) is 48.9. The van der Waals surface area contributed by atoms with E-state index in [9.17, 15) is 19.5 Å². The molecule has 3 unspecified atom stereocenters. The van der Waals surface area contributed by atoms with Crippen molar-refractivity contribution >= 4 is 62.7 Å². The third-order valence-corrected chi connectivity index (χ3v) is 12.5. The summed E-state index contributed by atoms with van der Waals surface area (Å²) in [6, 6.07) is 15.1. The van der Waals surface area contributed by atoms with E-state index >= 15 is 0 Å². The number of aliphatic hydroxyl groups is 1. The molecule has 0 radical (unpaired) electrons. The van der Waals surface area contributed by atoms with Gasteiger partial charge in [-0.05, 0) is 49.1 Å². The van der Waals surface area contributed by atoms with Gasteiger partial charge in [0.25, 0.3) is 5.91 Å². The minimum Gasteiger partial charge on any atom is -0.394 e. The Morgan fingerprint density at radius 3 is 2.43 bits per heavy atom. The molecule has 5 rings (SSSR count). The fraction of sp³-hybridized carbons (Fsp3) is 0.441. The third-order valence-electron chi connectivity index (χ3n) is 9.04. The summed E-state index contributed by atoms with van der Waals surface area (Å²) in [5, 5.41) is 11.2. The molecule has 10 heteroatoms. The van der Waals surface area contributed by atoms with E-state index in [1.54, 1.807) is 62.9 Å². The fourth-order valence-corrected chi connectivity index (χ4v) is 11.0. The number of thioether (sulfide) groups is 1. The van der Waals surface area contributed by atoms with Crippen molar-refractivity contribution in [3.8, 4) is 0 Å². The molecule has 1 spiro atoms. The molecule has 3 aliphatic heterocycles. The number of anilines is 1. The molecule has 2 aromatic rings. The second kappa shape index (κ2) is 13.8. The molecule has 234 valence electrons. The van der Waals surface area contributed by atoms with Gasteiger partial charge in [0.2, 0.25) is 11.8 Å². The van der Waals surface area contributed by atoms with E-state index in [0.29, 0.717) is 36.6 Å². The van der Waals surface area contributed by atoms with Crippen LogP contribution in [0.15, 0.2) is 79.9 Å². The van der Waals surface area contributed by atoms with Gasteiger partial charge in [-0.3, -0.25) is 14.4 Å². The molecule has 0 aromatic heterocycles. The first kappa shape index (κ1) is 32.8. The summed E-state index contributed by atoms with van der Waals surface area (Å²) >= 11 is 11.6. The van der Waals surface area contributed by atoms with Crippen molar-refractivity contribution in [2.24, 2.45) is 11.8 Å². The molecule has 3 amide bonds. The molecule has 2 aromatic carbocycles. The number of nitrogens with zero attached hydrogens (tertiary/aromatic N) is 3. The lowest BCUT2D eigenvalue weighted by Crippen LogP contribution is -2.58. The van der Waals surface area contributed by atoms with Crippen LogP contribution in [0.3, 0.4) is 0 Å². The number of alkyl halides is 1. The molecule has 0 saturated carbocycles. The average Bonchev–Trinajstić information content (AvgIpc) is 3.62. The lowest BCUT2D eigenvalue weighted by atomic mass is 9.70. The molecule has 3 fully saturated rings. The molecule has 1 N–H and O–H groups in total. The maximum absolute atomic E-state index is 14.9. The Hall–Kier alpha value is -2.59. The van der Waals surface area contributed by atoms with Gasteiger partial charge >= 0.3 is 0 Å². The lowest BCUT2D eigenvalue weighted by Gasteiger charge is -2.40. The van der Waals surface area contributed by atoms with Crippen molar-refractivity contribution in [3.05, 3.63) is 90.5 Å². The number of carbonyl (C=O) groups excluding carboxylic acids is 3. The zero-order valence-electron chi connectivity index (χ0n) is 24.9. The monoisotopic (exact) mass is 699 g/mol. The second-order valence-corrected chi connectivity index (χ2v) is 14.9. The van der Waals surface area contributed by atoms with Crippen LogP contribution in [-0.4, -0.2) is 85.8 Å². The average molecular weight is 701 g/mol. The van der Waals surface area contributed by atoms with Crippen molar-refractivity contribution in [2.75, 3.05) is 31.1 Å². The highest BCUT2D eigenvalue weighted by Gasteiger charge is 2.76. The van der Waals surface area contributed by atoms with Crippen LogP contribution in [0.2, 0.25) is 5.02 Å². The van der Waals surface area contributed by atoms with Crippen LogP contribution in [0, 0.1) is 11.8 Å². The molecule has 0 aliphatic carbocycles. The normalized spacial score (nSPS) is 27.6. The number of aliphatic hydroxyl groups excluding tert-OH is 1. The van der Waals surface area contributed by atoms with E-state index in [1.807, 2.05) is 37.3 Å². The number of hydrogen-bond donors (Lipinski definition) is 1. The molecule has 3 aliphatic rings. The highest BCUT2D eigenvalue weighted by molar-refractivity contribution is 9.09. The zero-order chi connectivity index (χ0) is 31.6. The lowest BCUT2D eigenvalue weighted by molar-refractivity contribution is -0.145. The highest BCUT2D eigenvalue weighted by Crippen LogP contribution is 2.68. The molecule has 44 heavy (non-hydrogen) atoms. The third kappa shape index (κ3) is 5.77. The van der Waals surface area contributed by atoms with Gasteiger partial charge in [0, 0.05) is 40.4 Å². The molecule has 3 heterocycles. The second-order valence-electron chi connectivity index (χ2n) is 11.7. The van der Waals surface area contributed by atoms with Gasteiger partial charge in [0.1, 0.15) is 6.04 Å². The summed E-state index contributed by atoms with van der Waals surface area (Å²) < 4.78 is -0.852. The number of fused-ring (bicyclic) bond motifs is 1. The largest absolute Gasteiger partial charge is 0.394 e. The van der Waals surface area contributed by atoms with E-state index in [-0.39, 0.29) is 41.0 Å². The van der Waals surface area contributed by atoms with Crippen LogP contribution in [-0.2, 0) is 20.8 Å². The van der Waals surface area contributed by atoms with E-state index in [2.05, 4.69) is 29.1 Å². The number of amides is 3. The minimum atomic E-state index is -0.900. The first-order valence-corrected chi connectivity index (χ1v) is 17.3. The van der Waals surface area contributed by atoms with Gasteiger partial charge in [-0.25, -0.2) is 0 Å². The number of rotatable bonds is 13. The number of carbonyl (C=O) groups is 3. The summed E-state index contributed by atoms with van der Waals surface area (Å²) in [6.07, 6.45) is 5.08. The van der Waals surface area contributed by atoms with Crippen LogP contribution < -0.4 is 4.90 Å². The quantitative estimate of drug-likeness (QED) is 0.225. The summed E-state index contributed by atoms with van der Waals surface area (Å²) in [5.41, 5.74) is 1.58. The molecule has 2 bridgehead atoms. The maximum atomic E-state index is 14.9. The number of benzene rings is 2. The Labute approximate surface area is 277 Å². The van der Waals surface area contributed by atoms with Crippen molar-refractivity contribution in [1.29, 1.82) is 0 Å². The van der Waals surface area contributed by atoms with Crippen LogP contribution >= 0.6 is 39.3 Å². The Morgan fingerprint density at radius 1 is 1.14 bits per heavy atom. The molecular weight excluding hydrogens is 662 g/mol. The zero-order valence-corrected chi connectivity index (χ0v) is 28.0. The van der Waals surface area contributed by atoms with Crippen molar-refractivity contribution in [3.63, 3.8) is 0 Å². The van der Waals surface area contributed by atoms with E-state index in [1.165, 1.54) is 0 Å².